The molecular formula is C18H21BrFN. The summed E-state index contributed by atoms with van der Waals surface area (Å²) in [7, 11) is 1.88. The molecule has 1 nitrogen and oxygen atoms in total. The molecular weight excluding hydrogens is 329 g/mol. The number of rotatable bonds is 5. The Bertz CT molecular complexity index is 604. The molecule has 0 aliphatic carbocycles. The highest BCUT2D eigenvalue weighted by Gasteiger charge is 2.21. The van der Waals surface area contributed by atoms with E-state index < -0.39 is 0 Å². The molecule has 0 radical (unpaired) electrons. The van der Waals surface area contributed by atoms with E-state index in [2.05, 4.69) is 53.3 Å². The molecule has 1 N–H and O–H groups in total. The van der Waals surface area contributed by atoms with Crippen LogP contribution in [-0.4, -0.2) is 7.05 Å². The van der Waals surface area contributed by atoms with Crippen molar-refractivity contribution in [1.29, 1.82) is 0 Å². The van der Waals surface area contributed by atoms with E-state index in [0.717, 1.165) is 22.9 Å². The molecule has 0 saturated carbocycles. The summed E-state index contributed by atoms with van der Waals surface area (Å²) in [6, 6.07) is 11.5. The second-order valence-electron chi connectivity index (χ2n) is 5.10. The third-order valence-corrected chi connectivity index (χ3v) is 4.58. The van der Waals surface area contributed by atoms with Crippen LogP contribution in [0.4, 0.5) is 4.39 Å². The fourth-order valence-electron chi connectivity index (χ4n) is 2.70. The molecule has 0 aromatic heterocycles. The van der Waals surface area contributed by atoms with E-state index in [1.165, 1.54) is 17.2 Å². The maximum Gasteiger partial charge on any atom is 0.129 e. The van der Waals surface area contributed by atoms with Gasteiger partial charge in [0.15, 0.2) is 0 Å². The highest BCUT2D eigenvalue weighted by atomic mass is 79.9. The molecule has 0 heterocycles. The fourth-order valence-corrected chi connectivity index (χ4v) is 3.27. The highest BCUT2D eigenvalue weighted by molar-refractivity contribution is 9.10. The van der Waals surface area contributed by atoms with Gasteiger partial charge in [-0.1, -0.05) is 54.0 Å². The SMILES string of the molecule is CCc1ccc(CC)c(C(NC)c2c(F)cccc2Br)c1. The van der Waals surface area contributed by atoms with Crippen molar-refractivity contribution in [2.45, 2.75) is 32.7 Å². The summed E-state index contributed by atoms with van der Waals surface area (Å²) in [6.45, 7) is 4.27. The minimum atomic E-state index is -0.187. The Morgan fingerprint density at radius 1 is 1.14 bits per heavy atom. The predicted octanol–water partition coefficient (Wildman–Crippen LogP) is 5.02. The van der Waals surface area contributed by atoms with Crippen molar-refractivity contribution in [2.24, 2.45) is 0 Å². The van der Waals surface area contributed by atoms with E-state index in [-0.39, 0.29) is 11.9 Å². The van der Waals surface area contributed by atoms with E-state index in [9.17, 15) is 4.39 Å². The first-order valence-corrected chi connectivity index (χ1v) is 8.14. The van der Waals surface area contributed by atoms with Crippen molar-refractivity contribution in [2.75, 3.05) is 7.05 Å². The Morgan fingerprint density at radius 2 is 1.90 bits per heavy atom. The van der Waals surface area contributed by atoms with Crippen molar-refractivity contribution >= 4 is 15.9 Å². The van der Waals surface area contributed by atoms with Gasteiger partial charge in [0, 0.05) is 10.0 Å². The van der Waals surface area contributed by atoms with Gasteiger partial charge in [-0.05, 0) is 48.7 Å². The minimum absolute atomic E-state index is 0.151. The van der Waals surface area contributed by atoms with Crippen LogP contribution >= 0.6 is 15.9 Å². The fraction of sp³-hybridized carbons (Fsp3) is 0.333. The van der Waals surface area contributed by atoms with Gasteiger partial charge in [0.05, 0.1) is 6.04 Å². The summed E-state index contributed by atoms with van der Waals surface area (Å²) in [5.74, 6) is -0.187. The molecule has 0 aliphatic heterocycles. The molecule has 3 heteroatoms. The summed E-state index contributed by atoms with van der Waals surface area (Å²) in [6.07, 6.45) is 1.91. The zero-order valence-electron chi connectivity index (χ0n) is 12.7. The second-order valence-corrected chi connectivity index (χ2v) is 5.95. The molecule has 0 aliphatic rings. The van der Waals surface area contributed by atoms with Gasteiger partial charge in [0.25, 0.3) is 0 Å². The van der Waals surface area contributed by atoms with Gasteiger partial charge in [0.1, 0.15) is 5.82 Å². The zero-order valence-corrected chi connectivity index (χ0v) is 14.3. The summed E-state index contributed by atoms with van der Waals surface area (Å²) < 4.78 is 15.1. The normalized spacial score (nSPS) is 12.4. The molecule has 0 amide bonds. The molecule has 21 heavy (non-hydrogen) atoms. The second kappa shape index (κ2) is 7.19. The van der Waals surface area contributed by atoms with Crippen LogP contribution in [0.1, 0.15) is 42.1 Å². The lowest BCUT2D eigenvalue weighted by Crippen LogP contribution is -2.21. The standard InChI is InChI=1S/C18H21BrFN/c1-4-12-9-10-13(5-2)14(11-12)18(21-3)17-15(19)7-6-8-16(17)20/h6-11,18,21H,4-5H2,1-3H3. The van der Waals surface area contributed by atoms with Gasteiger partial charge in [-0.15, -0.1) is 0 Å². The van der Waals surface area contributed by atoms with Gasteiger partial charge < -0.3 is 5.32 Å². The number of nitrogens with one attached hydrogen (secondary N) is 1. The molecule has 2 aromatic rings. The summed E-state index contributed by atoms with van der Waals surface area (Å²) in [5, 5.41) is 3.27. The molecule has 2 aromatic carbocycles. The Labute approximate surface area is 134 Å². The van der Waals surface area contributed by atoms with Gasteiger partial charge in [-0.25, -0.2) is 4.39 Å². The Balaban J connectivity index is 2.61. The van der Waals surface area contributed by atoms with Gasteiger partial charge in [-0.3, -0.25) is 0 Å². The summed E-state index contributed by atoms with van der Waals surface area (Å²) in [4.78, 5) is 0. The van der Waals surface area contributed by atoms with Gasteiger partial charge in [0.2, 0.25) is 0 Å². The molecule has 1 atom stereocenters. The predicted molar refractivity (Wildman–Crippen MR) is 90.2 cm³/mol. The minimum Gasteiger partial charge on any atom is -0.309 e. The maximum absolute atomic E-state index is 14.3. The van der Waals surface area contributed by atoms with E-state index in [0.29, 0.717) is 5.56 Å². The number of benzene rings is 2. The van der Waals surface area contributed by atoms with E-state index >= 15 is 0 Å². The lowest BCUT2D eigenvalue weighted by Gasteiger charge is -2.23. The smallest absolute Gasteiger partial charge is 0.129 e. The van der Waals surface area contributed by atoms with Crippen molar-refractivity contribution in [3.63, 3.8) is 0 Å². The third-order valence-electron chi connectivity index (χ3n) is 3.89. The molecule has 0 spiro atoms. The molecule has 0 fully saturated rings. The quantitative estimate of drug-likeness (QED) is 0.798. The number of hydrogen-bond donors (Lipinski definition) is 1. The van der Waals surface area contributed by atoms with Crippen molar-refractivity contribution < 1.29 is 4.39 Å². The number of aryl methyl sites for hydroxylation is 2. The summed E-state index contributed by atoms with van der Waals surface area (Å²) in [5.41, 5.74) is 4.35. The van der Waals surface area contributed by atoms with E-state index in [4.69, 9.17) is 0 Å². The number of halogens is 2. The lowest BCUT2D eigenvalue weighted by atomic mass is 9.91. The topological polar surface area (TPSA) is 12.0 Å². The Kier molecular flexibility index (Phi) is 5.54. The first-order valence-electron chi connectivity index (χ1n) is 7.35. The van der Waals surface area contributed by atoms with Crippen LogP contribution < -0.4 is 5.32 Å². The Hall–Kier alpha value is -1.19. The summed E-state index contributed by atoms with van der Waals surface area (Å²) >= 11 is 3.49. The van der Waals surface area contributed by atoms with Gasteiger partial charge >= 0.3 is 0 Å². The Morgan fingerprint density at radius 3 is 2.48 bits per heavy atom. The van der Waals surface area contributed by atoms with Crippen molar-refractivity contribution in [1.82, 2.24) is 5.32 Å². The van der Waals surface area contributed by atoms with Crippen LogP contribution in [0.25, 0.3) is 0 Å². The van der Waals surface area contributed by atoms with Crippen molar-refractivity contribution in [3.05, 3.63) is 68.9 Å². The molecule has 0 saturated heterocycles. The zero-order chi connectivity index (χ0) is 15.4. The van der Waals surface area contributed by atoms with Crippen LogP contribution in [0.15, 0.2) is 40.9 Å². The average molecular weight is 350 g/mol. The first-order chi connectivity index (χ1) is 10.1. The van der Waals surface area contributed by atoms with Crippen LogP contribution in [0.3, 0.4) is 0 Å². The van der Waals surface area contributed by atoms with Crippen LogP contribution in [0.5, 0.6) is 0 Å². The molecule has 0 bridgehead atoms. The average Bonchev–Trinajstić information content (AvgIpc) is 2.50. The lowest BCUT2D eigenvalue weighted by molar-refractivity contribution is 0.572. The largest absolute Gasteiger partial charge is 0.309 e. The van der Waals surface area contributed by atoms with Gasteiger partial charge in [-0.2, -0.15) is 0 Å². The van der Waals surface area contributed by atoms with E-state index in [1.54, 1.807) is 6.07 Å². The van der Waals surface area contributed by atoms with Crippen LogP contribution in [0.2, 0.25) is 0 Å². The van der Waals surface area contributed by atoms with Crippen LogP contribution in [-0.2, 0) is 12.8 Å². The van der Waals surface area contributed by atoms with E-state index in [1.807, 2.05) is 13.1 Å². The maximum atomic E-state index is 14.3. The number of hydrogen-bond acceptors (Lipinski definition) is 1. The molecule has 112 valence electrons. The third kappa shape index (κ3) is 3.35. The first kappa shape index (κ1) is 16.2. The highest BCUT2D eigenvalue weighted by Crippen LogP contribution is 2.33. The van der Waals surface area contributed by atoms with Crippen molar-refractivity contribution in [3.8, 4) is 0 Å². The monoisotopic (exact) mass is 349 g/mol. The van der Waals surface area contributed by atoms with Crippen LogP contribution in [0, 0.1) is 5.82 Å². The molecule has 2 rings (SSSR count). The molecule has 1 unspecified atom stereocenters.